The van der Waals surface area contributed by atoms with Gasteiger partial charge in [0, 0.05) is 33.7 Å². The number of guanidine groups is 1. The number of hydrogen-bond acceptors (Lipinski definition) is 2. The molecule has 0 unspecified atom stereocenters. The first kappa shape index (κ1) is 20.0. The van der Waals surface area contributed by atoms with Crippen molar-refractivity contribution in [1.29, 1.82) is 0 Å². The van der Waals surface area contributed by atoms with Crippen LogP contribution in [0.4, 0.5) is 0 Å². The monoisotopic (exact) mass is 396 g/mol. The average Bonchev–Trinajstić information content (AvgIpc) is 2.43. The van der Waals surface area contributed by atoms with Gasteiger partial charge in [-0.05, 0) is 38.3 Å². The van der Waals surface area contributed by atoms with Crippen LogP contribution in [0.5, 0.6) is 0 Å². The van der Waals surface area contributed by atoms with Gasteiger partial charge in [0.2, 0.25) is 0 Å². The highest BCUT2D eigenvalue weighted by Gasteiger charge is 2.15. The van der Waals surface area contributed by atoms with Crippen LogP contribution >= 0.6 is 24.0 Å². The molecule has 1 aliphatic heterocycles. The number of likely N-dealkylation sites (tertiary alicyclic amines) is 1. The second-order valence-electron chi connectivity index (χ2n) is 5.77. The predicted molar refractivity (Wildman–Crippen MR) is 99.2 cm³/mol. The Bertz CT molecular complexity index is 263. The van der Waals surface area contributed by atoms with E-state index in [1.54, 1.807) is 0 Å². The summed E-state index contributed by atoms with van der Waals surface area (Å²) in [6, 6.07) is 0. The molecule has 0 amide bonds. The Hall–Kier alpha value is -0.0400. The molecule has 4 nitrogen and oxygen atoms in total. The summed E-state index contributed by atoms with van der Waals surface area (Å²) in [4.78, 5) is 9.13. The zero-order chi connectivity index (χ0) is 14.1. The molecule has 1 aliphatic rings. The minimum atomic E-state index is 0. The van der Waals surface area contributed by atoms with Crippen LogP contribution in [-0.2, 0) is 0 Å². The molecule has 0 radical (unpaired) electrons. The summed E-state index contributed by atoms with van der Waals surface area (Å²) in [7, 11) is 3.99. The fraction of sp³-hybridized carbons (Fsp3) is 0.933. The van der Waals surface area contributed by atoms with Crippen molar-refractivity contribution in [2.24, 2.45) is 10.9 Å². The van der Waals surface area contributed by atoms with E-state index in [1.165, 1.54) is 38.8 Å². The molecule has 0 saturated carbocycles. The Morgan fingerprint density at radius 2 is 2.00 bits per heavy atom. The summed E-state index contributed by atoms with van der Waals surface area (Å²) >= 11 is 0. The van der Waals surface area contributed by atoms with E-state index in [0.717, 1.165) is 31.5 Å². The van der Waals surface area contributed by atoms with Crippen molar-refractivity contribution in [3.8, 4) is 0 Å². The molecule has 0 aromatic rings. The maximum atomic E-state index is 4.35. The van der Waals surface area contributed by atoms with Crippen molar-refractivity contribution in [3.63, 3.8) is 0 Å². The third-order valence-corrected chi connectivity index (χ3v) is 4.01. The minimum absolute atomic E-state index is 0. The molecule has 5 heteroatoms. The van der Waals surface area contributed by atoms with Crippen LogP contribution in [0.3, 0.4) is 0 Å². The van der Waals surface area contributed by atoms with Gasteiger partial charge >= 0.3 is 0 Å². The summed E-state index contributed by atoms with van der Waals surface area (Å²) in [6.07, 6.45) is 5.16. The second kappa shape index (κ2) is 11.6. The van der Waals surface area contributed by atoms with Gasteiger partial charge in [0.05, 0.1) is 0 Å². The lowest BCUT2D eigenvalue weighted by atomic mass is 9.99. The summed E-state index contributed by atoms with van der Waals surface area (Å²) in [5, 5.41) is 3.47. The van der Waals surface area contributed by atoms with Gasteiger partial charge in [-0.1, -0.05) is 20.3 Å². The first-order valence-corrected chi connectivity index (χ1v) is 7.81. The van der Waals surface area contributed by atoms with Gasteiger partial charge in [0.15, 0.2) is 5.96 Å². The molecule has 0 bridgehead atoms. The molecule has 0 aromatic heterocycles. The van der Waals surface area contributed by atoms with E-state index in [2.05, 4.69) is 41.0 Å². The maximum Gasteiger partial charge on any atom is 0.193 e. The number of piperidine rings is 1. The molecule has 1 N–H and O–H groups in total. The van der Waals surface area contributed by atoms with E-state index in [1.807, 2.05) is 7.05 Å². The maximum absolute atomic E-state index is 4.35. The van der Waals surface area contributed by atoms with Crippen LogP contribution in [0.1, 0.15) is 39.5 Å². The summed E-state index contributed by atoms with van der Waals surface area (Å²) < 4.78 is 0. The molecule has 1 rings (SSSR count). The Balaban J connectivity index is 0.00000361. The Morgan fingerprint density at radius 1 is 1.35 bits per heavy atom. The van der Waals surface area contributed by atoms with E-state index >= 15 is 0 Å². The van der Waals surface area contributed by atoms with E-state index < -0.39 is 0 Å². The number of halogens is 1. The second-order valence-corrected chi connectivity index (χ2v) is 5.77. The van der Waals surface area contributed by atoms with E-state index in [-0.39, 0.29) is 24.0 Å². The number of hydrogen-bond donors (Lipinski definition) is 1. The first-order chi connectivity index (χ1) is 9.17. The zero-order valence-electron chi connectivity index (χ0n) is 13.7. The predicted octanol–water partition coefficient (Wildman–Crippen LogP) is 2.64. The largest absolute Gasteiger partial charge is 0.355 e. The topological polar surface area (TPSA) is 30.9 Å². The molecular formula is C15H33IN4. The van der Waals surface area contributed by atoms with Crippen LogP contribution in [-0.4, -0.2) is 62.6 Å². The lowest BCUT2D eigenvalue weighted by molar-refractivity contribution is 0.195. The van der Waals surface area contributed by atoms with Gasteiger partial charge in [-0.2, -0.15) is 0 Å². The molecule has 1 saturated heterocycles. The molecular weight excluding hydrogens is 363 g/mol. The van der Waals surface area contributed by atoms with Gasteiger partial charge in [0.1, 0.15) is 0 Å². The SMILES string of the molecule is CCCCN(C)C(=NC)NCCN1CCC(C)CC1.I. The molecule has 1 fully saturated rings. The smallest absolute Gasteiger partial charge is 0.193 e. The Kier molecular flexibility index (Phi) is 11.6. The molecule has 0 spiro atoms. The zero-order valence-corrected chi connectivity index (χ0v) is 16.0. The van der Waals surface area contributed by atoms with Crippen LogP contribution in [0.15, 0.2) is 4.99 Å². The van der Waals surface area contributed by atoms with Gasteiger partial charge < -0.3 is 15.1 Å². The molecule has 20 heavy (non-hydrogen) atoms. The van der Waals surface area contributed by atoms with Crippen molar-refractivity contribution >= 4 is 29.9 Å². The third kappa shape index (κ3) is 7.67. The highest BCUT2D eigenvalue weighted by atomic mass is 127. The summed E-state index contributed by atoms with van der Waals surface area (Å²) in [5.74, 6) is 1.94. The van der Waals surface area contributed by atoms with Crippen LogP contribution in [0.2, 0.25) is 0 Å². The fourth-order valence-corrected chi connectivity index (χ4v) is 2.50. The molecule has 1 heterocycles. The number of rotatable bonds is 6. The average molecular weight is 396 g/mol. The van der Waals surface area contributed by atoms with E-state index in [0.29, 0.717) is 0 Å². The standard InChI is InChI=1S/C15H32N4.HI/c1-5-6-10-18(4)15(16-3)17-9-13-19-11-7-14(2)8-12-19;/h14H,5-13H2,1-4H3,(H,16,17);1H. The highest BCUT2D eigenvalue weighted by molar-refractivity contribution is 14.0. The van der Waals surface area contributed by atoms with E-state index in [9.17, 15) is 0 Å². The number of nitrogens with zero attached hydrogens (tertiary/aromatic N) is 3. The lowest BCUT2D eigenvalue weighted by Gasteiger charge is -2.30. The Morgan fingerprint density at radius 3 is 2.55 bits per heavy atom. The normalized spacial score (nSPS) is 17.7. The van der Waals surface area contributed by atoms with Gasteiger partial charge in [-0.25, -0.2) is 0 Å². The number of unbranched alkanes of at least 4 members (excludes halogenated alkanes) is 1. The van der Waals surface area contributed by atoms with Gasteiger partial charge in [-0.15, -0.1) is 24.0 Å². The van der Waals surface area contributed by atoms with Gasteiger partial charge in [0.25, 0.3) is 0 Å². The number of aliphatic imine (C=N–C) groups is 1. The third-order valence-electron chi connectivity index (χ3n) is 4.01. The minimum Gasteiger partial charge on any atom is -0.355 e. The van der Waals surface area contributed by atoms with Crippen LogP contribution in [0.25, 0.3) is 0 Å². The van der Waals surface area contributed by atoms with Crippen molar-refractivity contribution < 1.29 is 0 Å². The van der Waals surface area contributed by atoms with Crippen molar-refractivity contribution in [3.05, 3.63) is 0 Å². The molecule has 120 valence electrons. The van der Waals surface area contributed by atoms with Crippen molar-refractivity contribution in [1.82, 2.24) is 15.1 Å². The number of nitrogens with one attached hydrogen (secondary N) is 1. The first-order valence-electron chi connectivity index (χ1n) is 7.81. The molecule has 0 aliphatic carbocycles. The fourth-order valence-electron chi connectivity index (χ4n) is 2.50. The summed E-state index contributed by atoms with van der Waals surface area (Å²) in [5.41, 5.74) is 0. The highest BCUT2D eigenvalue weighted by Crippen LogP contribution is 2.15. The molecule has 0 aromatic carbocycles. The Labute approximate surface area is 142 Å². The van der Waals surface area contributed by atoms with Crippen LogP contribution < -0.4 is 5.32 Å². The quantitative estimate of drug-likeness (QED) is 0.426. The summed E-state index contributed by atoms with van der Waals surface area (Å²) in [6.45, 7) is 10.3. The molecule has 0 atom stereocenters. The van der Waals surface area contributed by atoms with E-state index in [4.69, 9.17) is 0 Å². The van der Waals surface area contributed by atoms with Crippen molar-refractivity contribution in [2.45, 2.75) is 39.5 Å². The lowest BCUT2D eigenvalue weighted by Crippen LogP contribution is -2.44. The van der Waals surface area contributed by atoms with Crippen molar-refractivity contribution in [2.75, 3.05) is 46.8 Å². The van der Waals surface area contributed by atoms with Gasteiger partial charge in [-0.3, -0.25) is 4.99 Å². The van der Waals surface area contributed by atoms with Crippen LogP contribution in [0, 0.1) is 5.92 Å².